The number of unbranched alkanes of at least 4 members (excludes halogenated alkanes) is 1. The number of hydrogen-bond donors (Lipinski definition) is 0. The quantitative estimate of drug-likeness (QED) is 0.142. The molecule has 0 radical (unpaired) electrons. The monoisotopic (exact) mass is 784 g/mol. The summed E-state index contributed by atoms with van der Waals surface area (Å²) >= 11 is 0. The fraction of sp³-hybridized carbons (Fsp3) is 0.511. The largest absolute Gasteiger partial charge is 4.00 e. The molecule has 0 saturated carbocycles. The van der Waals surface area contributed by atoms with Crippen molar-refractivity contribution in [1.82, 2.24) is 0 Å². The van der Waals surface area contributed by atoms with Crippen molar-refractivity contribution in [3.05, 3.63) is 111 Å². The van der Waals surface area contributed by atoms with E-state index in [1.165, 1.54) is 51.8 Å². The molecule has 3 aromatic rings. The van der Waals surface area contributed by atoms with E-state index in [4.69, 9.17) is 0 Å². The van der Waals surface area contributed by atoms with E-state index < -0.39 is 8.07 Å². The van der Waals surface area contributed by atoms with Crippen molar-refractivity contribution in [2.24, 2.45) is 0 Å². The van der Waals surface area contributed by atoms with Crippen molar-refractivity contribution >= 4 is 23.6 Å². The maximum Gasteiger partial charge on any atom is 4.00 e. The molecule has 0 aromatic heterocycles. The Morgan fingerprint density at radius 3 is 1.02 bits per heavy atom. The third-order valence-corrected chi connectivity index (χ3v) is 15.0. The Kier molecular flexibility index (Phi) is 20.5. The van der Waals surface area contributed by atoms with Crippen LogP contribution in [0.2, 0.25) is 0 Å². The maximum atomic E-state index is 4.19. The van der Waals surface area contributed by atoms with Gasteiger partial charge in [-0.15, -0.1) is 0 Å². The molecule has 5 heteroatoms. The molecule has 4 rings (SSSR count). The summed E-state index contributed by atoms with van der Waals surface area (Å²) in [6, 6.07) is 23.2. The van der Waals surface area contributed by atoms with E-state index in [1.54, 1.807) is 20.8 Å². The molecule has 0 bridgehead atoms. The van der Waals surface area contributed by atoms with Gasteiger partial charge < -0.3 is 37.2 Å². The number of allylic oxidation sites excluding steroid dienone is 4. The van der Waals surface area contributed by atoms with Crippen LogP contribution in [0.4, 0.5) is 0 Å². The molecule has 0 fully saturated rings. The van der Waals surface area contributed by atoms with Gasteiger partial charge in [-0.05, 0) is 84.4 Å². The van der Waals surface area contributed by atoms with E-state index in [1.807, 2.05) is 0 Å². The SMILES string of the molecule is CCCCC1=CCC([Si](c2cc(C(C)C)cc(C(C)C)c2)(c2cc(C(C)C)cc(C(C)C)c2)c2cc(C(C)C)cc(C(C)C)c2)=[C-]1.[Cl-].[Cl-].[Cl-].[Ti+4]. The summed E-state index contributed by atoms with van der Waals surface area (Å²) in [5.41, 5.74) is 10.2. The number of hydrogen-bond acceptors (Lipinski definition) is 0. The molecule has 3 aromatic carbocycles. The molecule has 50 heavy (non-hydrogen) atoms. The Balaban J connectivity index is 0.00000600. The van der Waals surface area contributed by atoms with Gasteiger partial charge in [0.25, 0.3) is 0 Å². The van der Waals surface area contributed by atoms with Gasteiger partial charge in [-0.1, -0.05) is 170 Å². The molecule has 1 aliphatic rings. The van der Waals surface area contributed by atoms with Crippen LogP contribution in [0.5, 0.6) is 0 Å². The summed E-state index contributed by atoms with van der Waals surface area (Å²) in [7, 11) is -2.78. The second kappa shape index (κ2) is 21.0. The Labute approximate surface area is 342 Å². The van der Waals surface area contributed by atoms with Crippen LogP contribution >= 0.6 is 0 Å². The first-order chi connectivity index (χ1) is 21.7. The second-order valence-corrected chi connectivity index (χ2v) is 19.8. The van der Waals surface area contributed by atoms with Crippen molar-refractivity contribution in [3.8, 4) is 0 Å². The van der Waals surface area contributed by atoms with Crippen LogP contribution in [0.25, 0.3) is 0 Å². The van der Waals surface area contributed by atoms with Crippen LogP contribution in [0.3, 0.4) is 0 Å². The summed E-state index contributed by atoms with van der Waals surface area (Å²) in [5, 5.41) is 6.17. The molecule has 0 aliphatic heterocycles. The summed E-state index contributed by atoms with van der Waals surface area (Å²) in [6.07, 6.45) is 11.3. The van der Waals surface area contributed by atoms with Gasteiger partial charge in [0.15, 0.2) is 8.07 Å². The Bertz CT molecular complexity index is 1350. The zero-order valence-electron chi connectivity index (χ0n) is 33.2. The van der Waals surface area contributed by atoms with Crippen LogP contribution < -0.4 is 52.8 Å². The maximum absolute atomic E-state index is 4.19. The standard InChI is InChI=1S/C45H63Si.3ClH.Ti/c1-14-15-16-35-17-18-42(19-35)46(43-23-36(29(2)3)20-37(24-43)30(4)5,44-25-38(31(6)7)21-39(26-44)32(8)9)45-27-40(33(10)11)22-41(28-45)34(12)13;;;;/h17,20-34H,14-16,18H2,1-13H3;3*1H;/q-1;;;;+4/p-3. The van der Waals surface area contributed by atoms with Gasteiger partial charge in [0.1, 0.15) is 0 Å². The molecule has 1 aliphatic carbocycles. The van der Waals surface area contributed by atoms with Crippen LogP contribution in [0.15, 0.2) is 71.4 Å². The van der Waals surface area contributed by atoms with E-state index in [0.717, 1.165) is 12.8 Å². The van der Waals surface area contributed by atoms with E-state index >= 15 is 0 Å². The van der Waals surface area contributed by atoms with Gasteiger partial charge >= 0.3 is 21.7 Å². The fourth-order valence-electron chi connectivity index (χ4n) is 7.00. The smallest absolute Gasteiger partial charge is 1.00 e. The predicted molar refractivity (Wildman–Crippen MR) is 207 cm³/mol. The van der Waals surface area contributed by atoms with Crippen LogP contribution in [0, 0.1) is 6.08 Å². The molecule has 0 atom stereocenters. The van der Waals surface area contributed by atoms with Gasteiger partial charge in [0.2, 0.25) is 0 Å². The minimum atomic E-state index is -2.78. The van der Waals surface area contributed by atoms with E-state index in [2.05, 4.69) is 157 Å². The topological polar surface area (TPSA) is 0 Å². The number of benzene rings is 3. The Morgan fingerprint density at radius 1 is 0.500 bits per heavy atom. The Hall–Kier alpha value is -1.06. The second-order valence-electron chi connectivity index (χ2n) is 16.0. The van der Waals surface area contributed by atoms with Crippen molar-refractivity contribution < 1.29 is 58.9 Å². The molecule has 0 spiro atoms. The van der Waals surface area contributed by atoms with Crippen LogP contribution in [-0.2, 0) is 21.7 Å². The normalized spacial score (nSPS) is 12.9. The molecule has 0 heterocycles. The Morgan fingerprint density at radius 2 is 0.780 bits per heavy atom. The van der Waals surface area contributed by atoms with E-state index in [0.29, 0.717) is 35.5 Å². The molecular weight excluding hydrogens is 723 g/mol. The van der Waals surface area contributed by atoms with Gasteiger partial charge in [-0.3, -0.25) is 6.08 Å². The zero-order chi connectivity index (χ0) is 33.9. The third-order valence-electron chi connectivity index (χ3n) is 10.3. The summed E-state index contributed by atoms with van der Waals surface area (Å²) < 4.78 is 0. The minimum absolute atomic E-state index is 0. The van der Waals surface area contributed by atoms with E-state index in [-0.39, 0.29) is 58.9 Å². The molecule has 0 nitrogen and oxygen atoms in total. The van der Waals surface area contributed by atoms with Crippen LogP contribution in [-0.4, -0.2) is 8.07 Å². The van der Waals surface area contributed by atoms with Crippen molar-refractivity contribution in [2.45, 2.75) is 151 Å². The van der Waals surface area contributed by atoms with E-state index in [9.17, 15) is 0 Å². The summed E-state index contributed by atoms with van der Waals surface area (Å²) in [5.74, 6) is 2.78. The van der Waals surface area contributed by atoms with Crippen molar-refractivity contribution in [1.29, 1.82) is 0 Å². The number of halogens is 3. The van der Waals surface area contributed by atoms with Gasteiger partial charge in [0.05, 0.1) is 0 Å². The van der Waals surface area contributed by atoms with Gasteiger partial charge in [-0.25, -0.2) is 11.6 Å². The fourth-order valence-corrected chi connectivity index (χ4v) is 12.1. The van der Waals surface area contributed by atoms with Gasteiger partial charge in [-0.2, -0.15) is 5.20 Å². The van der Waals surface area contributed by atoms with Gasteiger partial charge in [0, 0.05) is 0 Å². The third kappa shape index (κ3) is 10.8. The number of rotatable bonds is 13. The predicted octanol–water partition coefficient (Wildman–Crippen LogP) is 2.70. The van der Waals surface area contributed by atoms with Crippen LogP contribution in [0.1, 0.15) is 185 Å². The first-order valence-corrected chi connectivity index (χ1v) is 20.5. The molecule has 0 saturated heterocycles. The molecule has 0 unspecified atom stereocenters. The molecule has 0 amide bonds. The zero-order valence-corrected chi connectivity index (χ0v) is 38.0. The van der Waals surface area contributed by atoms with Crippen molar-refractivity contribution in [2.75, 3.05) is 0 Å². The first kappa shape index (κ1) is 48.9. The first-order valence-electron chi connectivity index (χ1n) is 18.5. The molecule has 0 N–H and O–H groups in total. The minimum Gasteiger partial charge on any atom is -1.00 e. The average molecular weight is 786 g/mol. The summed E-state index contributed by atoms with van der Waals surface area (Å²) in [4.78, 5) is 0. The average Bonchev–Trinajstić information content (AvgIpc) is 3.48. The molecular formula is C45H63Cl3SiTi. The summed E-state index contributed by atoms with van der Waals surface area (Å²) in [6.45, 7) is 30.7. The van der Waals surface area contributed by atoms with Crippen molar-refractivity contribution in [3.63, 3.8) is 0 Å². The molecule has 272 valence electrons.